The summed E-state index contributed by atoms with van der Waals surface area (Å²) < 4.78 is 0. The standard InChI is InChI=1S/C15H24N2O2/c1-4-12(5-2)17(9-8-16)15(19)13-10-11(3)6-7-14(13)18/h6-7,10,12,18H,4-5,8-9,16H2,1-3H3. The minimum atomic E-state index is -0.139. The van der Waals surface area contributed by atoms with Crippen molar-refractivity contribution in [2.24, 2.45) is 5.73 Å². The highest BCUT2D eigenvalue weighted by Gasteiger charge is 2.23. The van der Waals surface area contributed by atoms with E-state index < -0.39 is 0 Å². The Bertz CT molecular complexity index is 428. The first-order chi connectivity index (χ1) is 9.04. The Hall–Kier alpha value is -1.55. The Balaban J connectivity index is 3.08. The molecule has 1 amide bonds. The fourth-order valence-corrected chi connectivity index (χ4v) is 2.29. The zero-order valence-corrected chi connectivity index (χ0v) is 12.0. The highest BCUT2D eigenvalue weighted by molar-refractivity contribution is 5.97. The second-order valence-corrected chi connectivity index (χ2v) is 4.78. The molecule has 4 nitrogen and oxygen atoms in total. The first kappa shape index (κ1) is 15.5. The molecule has 0 saturated carbocycles. The molecule has 106 valence electrons. The summed E-state index contributed by atoms with van der Waals surface area (Å²) in [6.45, 7) is 6.95. The van der Waals surface area contributed by atoms with Crippen molar-refractivity contribution in [1.29, 1.82) is 0 Å². The predicted octanol–water partition coefficient (Wildman–Crippen LogP) is 2.29. The van der Waals surface area contributed by atoms with E-state index in [0.717, 1.165) is 18.4 Å². The number of benzene rings is 1. The average Bonchev–Trinajstić information content (AvgIpc) is 2.41. The van der Waals surface area contributed by atoms with Crippen LogP contribution in [-0.2, 0) is 0 Å². The number of nitrogens with zero attached hydrogens (tertiary/aromatic N) is 1. The van der Waals surface area contributed by atoms with E-state index in [1.807, 2.05) is 6.92 Å². The zero-order chi connectivity index (χ0) is 14.4. The highest BCUT2D eigenvalue weighted by atomic mass is 16.3. The molecule has 0 unspecified atom stereocenters. The van der Waals surface area contributed by atoms with Crippen molar-refractivity contribution in [3.05, 3.63) is 29.3 Å². The summed E-state index contributed by atoms with van der Waals surface area (Å²) in [7, 11) is 0. The van der Waals surface area contributed by atoms with Gasteiger partial charge in [-0.1, -0.05) is 25.5 Å². The van der Waals surface area contributed by atoms with Gasteiger partial charge in [-0.2, -0.15) is 0 Å². The van der Waals surface area contributed by atoms with Gasteiger partial charge in [0.1, 0.15) is 5.75 Å². The van der Waals surface area contributed by atoms with Gasteiger partial charge >= 0.3 is 0 Å². The van der Waals surface area contributed by atoms with E-state index in [1.54, 1.807) is 23.1 Å². The average molecular weight is 264 g/mol. The second-order valence-electron chi connectivity index (χ2n) is 4.78. The lowest BCUT2D eigenvalue weighted by molar-refractivity contribution is 0.0671. The van der Waals surface area contributed by atoms with Gasteiger partial charge in [0.15, 0.2) is 0 Å². The van der Waals surface area contributed by atoms with Crippen LogP contribution < -0.4 is 5.73 Å². The van der Waals surface area contributed by atoms with Gasteiger partial charge in [0.25, 0.3) is 5.91 Å². The quantitative estimate of drug-likeness (QED) is 0.828. The number of nitrogens with two attached hydrogens (primary N) is 1. The van der Waals surface area contributed by atoms with Gasteiger partial charge in [0, 0.05) is 19.1 Å². The van der Waals surface area contributed by atoms with E-state index in [-0.39, 0.29) is 17.7 Å². The van der Waals surface area contributed by atoms with Crippen LogP contribution in [0.15, 0.2) is 18.2 Å². The summed E-state index contributed by atoms with van der Waals surface area (Å²) >= 11 is 0. The van der Waals surface area contributed by atoms with Crippen molar-refractivity contribution < 1.29 is 9.90 Å². The normalized spacial score (nSPS) is 10.8. The topological polar surface area (TPSA) is 66.6 Å². The Morgan fingerprint density at radius 3 is 2.53 bits per heavy atom. The Kier molecular flexibility index (Phi) is 5.83. The maximum Gasteiger partial charge on any atom is 0.257 e. The van der Waals surface area contributed by atoms with Crippen molar-refractivity contribution in [2.45, 2.75) is 39.7 Å². The molecular formula is C15H24N2O2. The molecule has 3 N–H and O–H groups in total. The summed E-state index contributed by atoms with van der Waals surface area (Å²) in [5, 5.41) is 9.87. The number of aryl methyl sites for hydroxylation is 1. The van der Waals surface area contributed by atoms with Crippen molar-refractivity contribution in [3.63, 3.8) is 0 Å². The van der Waals surface area contributed by atoms with Gasteiger partial charge in [0.05, 0.1) is 5.56 Å². The van der Waals surface area contributed by atoms with Crippen LogP contribution in [0.5, 0.6) is 5.75 Å². The molecule has 1 aromatic carbocycles. The fourth-order valence-electron chi connectivity index (χ4n) is 2.29. The van der Waals surface area contributed by atoms with E-state index >= 15 is 0 Å². The molecular weight excluding hydrogens is 240 g/mol. The number of carbonyl (C=O) groups is 1. The first-order valence-electron chi connectivity index (χ1n) is 6.85. The molecule has 0 fully saturated rings. The van der Waals surface area contributed by atoms with Crippen LogP contribution in [0.25, 0.3) is 0 Å². The lowest BCUT2D eigenvalue weighted by Crippen LogP contribution is -2.42. The van der Waals surface area contributed by atoms with Crippen molar-refractivity contribution in [3.8, 4) is 5.75 Å². The zero-order valence-electron chi connectivity index (χ0n) is 12.0. The minimum absolute atomic E-state index is 0.0311. The molecule has 0 aliphatic carbocycles. The molecule has 0 radical (unpaired) electrons. The summed E-state index contributed by atoms with van der Waals surface area (Å²) in [5.41, 5.74) is 6.92. The van der Waals surface area contributed by atoms with Crippen LogP contribution in [-0.4, -0.2) is 35.0 Å². The maximum atomic E-state index is 12.6. The Morgan fingerprint density at radius 2 is 2.00 bits per heavy atom. The SMILES string of the molecule is CCC(CC)N(CCN)C(=O)c1cc(C)ccc1O. The summed E-state index contributed by atoms with van der Waals surface area (Å²) in [6.07, 6.45) is 1.77. The molecule has 0 atom stereocenters. The van der Waals surface area contributed by atoms with Crippen LogP contribution in [0, 0.1) is 6.92 Å². The molecule has 0 heterocycles. The number of hydrogen-bond acceptors (Lipinski definition) is 3. The molecule has 0 aromatic heterocycles. The maximum absolute atomic E-state index is 12.6. The number of phenolic OH excluding ortho intramolecular Hbond substituents is 1. The summed E-state index contributed by atoms with van der Waals surface area (Å²) in [4.78, 5) is 14.3. The van der Waals surface area contributed by atoms with Gasteiger partial charge in [0.2, 0.25) is 0 Å². The van der Waals surface area contributed by atoms with Crippen LogP contribution in [0.4, 0.5) is 0 Å². The van der Waals surface area contributed by atoms with Gasteiger partial charge in [-0.15, -0.1) is 0 Å². The lowest BCUT2D eigenvalue weighted by atomic mass is 10.1. The van der Waals surface area contributed by atoms with Crippen molar-refractivity contribution in [2.75, 3.05) is 13.1 Å². The van der Waals surface area contributed by atoms with E-state index in [9.17, 15) is 9.90 Å². The number of phenols is 1. The van der Waals surface area contributed by atoms with E-state index in [4.69, 9.17) is 5.73 Å². The van der Waals surface area contributed by atoms with Crippen LogP contribution in [0.2, 0.25) is 0 Å². The van der Waals surface area contributed by atoms with Gasteiger partial charge in [-0.25, -0.2) is 0 Å². The van der Waals surface area contributed by atoms with Crippen LogP contribution in [0.3, 0.4) is 0 Å². The largest absolute Gasteiger partial charge is 0.507 e. The number of carbonyl (C=O) groups excluding carboxylic acids is 1. The summed E-state index contributed by atoms with van der Waals surface area (Å²) in [6, 6.07) is 5.24. The lowest BCUT2D eigenvalue weighted by Gasteiger charge is -2.30. The van der Waals surface area contributed by atoms with Gasteiger partial charge in [-0.05, 0) is 31.9 Å². The molecule has 0 saturated heterocycles. The highest BCUT2D eigenvalue weighted by Crippen LogP contribution is 2.22. The van der Waals surface area contributed by atoms with E-state index in [1.165, 1.54) is 0 Å². The third-order valence-electron chi connectivity index (χ3n) is 3.40. The number of aromatic hydroxyl groups is 1. The van der Waals surface area contributed by atoms with E-state index in [0.29, 0.717) is 18.7 Å². The third kappa shape index (κ3) is 3.70. The molecule has 1 aromatic rings. The fraction of sp³-hybridized carbons (Fsp3) is 0.533. The third-order valence-corrected chi connectivity index (χ3v) is 3.40. The number of amides is 1. The van der Waals surface area contributed by atoms with Crippen LogP contribution >= 0.6 is 0 Å². The smallest absolute Gasteiger partial charge is 0.257 e. The molecule has 0 aliphatic heterocycles. The van der Waals surface area contributed by atoms with Gasteiger partial charge < -0.3 is 15.7 Å². The minimum Gasteiger partial charge on any atom is -0.507 e. The number of hydrogen-bond donors (Lipinski definition) is 2. The van der Waals surface area contributed by atoms with E-state index in [2.05, 4.69) is 13.8 Å². The molecule has 0 aliphatic rings. The molecule has 19 heavy (non-hydrogen) atoms. The predicted molar refractivity (Wildman–Crippen MR) is 77.3 cm³/mol. The van der Waals surface area contributed by atoms with Crippen molar-refractivity contribution >= 4 is 5.91 Å². The monoisotopic (exact) mass is 264 g/mol. The Labute approximate surface area is 115 Å². The Morgan fingerprint density at radius 1 is 1.37 bits per heavy atom. The number of rotatable bonds is 6. The molecule has 0 bridgehead atoms. The first-order valence-corrected chi connectivity index (χ1v) is 6.85. The molecule has 1 rings (SSSR count). The summed E-state index contributed by atoms with van der Waals surface area (Å²) in [5.74, 6) is -0.107. The van der Waals surface area contributed by atoms with Crippen LogP contribution in [0.1, 0.15) is 42.6 Å². The molecule has 0 spiro atoms. The molecule has 4 heteroatoms. The van der Waals surface area contributed by atoms with Crippen molar-refractivity contribution in [1.82, 2.24) is 4.90 Å². The second kappa shape index (κ2) is 7.14. The van der Waals surface area contributed by atoms with Gasteiger partial charge in [-0.3, -0.25) is 4.79 Å².